The number of ether oxygens (including phenoxy) is 1. The summed E-state index contributed by atoms with van der Waals surface area (Å²) >= 11 is 0. The van der Waals surface area contributed by atoms with Gasteiger partial charge < -0.3 is 19.4 Å². The Balaban J connectivity index is 0.00000370. The van der Waals surface area contributed by atoms with Crippen LogP contribution in [0.2, 0.25) is 0 Å². The number of methoxy groups -OCH3 is 1. The summed E-state index contributed by atoms with van der Waals surface area (Å²) in [5, 5.41) is 0. The molecular formula is C30H40ClN3O5S. The van der Waals surface area contributed by atoms with Crippen molar-refractivity contribution >= 4 is 34.1 Å². The third-order valence-corrected chi connectivity index (χ3v) is 10.0. The van der Waals surface area contributed by atoms with Gasteiger partial charge in [0.15, 0.2) is 9.84 Å². The van der Waals surface area contributed by atoms with E-state index >= 15 is 0 Å². The number of halogens is 1. The van der Waals surface area contributed by atoms with Crippen LogP contribution in [0.25, 0.3) is 0 Å². The van der Waals surface area contributed by atoms with Gasteiger partial charge in [-0.05, 0) is 61.5 Å². The number of benzene rings is 2. The molecule has 0 aliphatic carbocycles. The van der Waals surface area contributed by atoms with E-state index in [1.807, 2.05) is 28.0 Å². The van der Waals surface area contributed by atoms with Crippen LogP contribution in [0.3, 0.4) is 0 Å². The molecule has 2 atom stereocenters. The van der Waals surface area contributed by atoms with Gasteiger partial charge in [-0.3, -0.25) is 9.59 Å². The Kier molecular flexibility index (Phi) is 9.60. The molecular weight excluding hydrogens is 550 g/mol. The van der Waals surface area contributed by atoms with E-state index in [1.54, 1.807) is 19.2 Å². The fourth-order valence-corrected chi connectivity index (χ4v) is 7.25. The molecule has 5 rings (SSSR count). The van der Waals surface area contributed by atoms with Crippen LogP contribution < -0.4 is 0 Å². The minimum Gasteiger partial charge on any atom is -0.375 e. The van der Waals surface area contributed by atoms with E-state index in [1.165, 1.54) is 11.8 Å². The van der Waals surface area contributed by atoms with Crippen LogP contribution in [-0.4, -0.2) is 94.2 Å². The predicted octanol–water partition coefficient (Wildman–Crippen LogP) is 3.22. The second kappa shape index (κ2) is 12.6. The molecule has 3 aliphatic heterocycles. The Hall–Kier alpha value is -2.46. The summed E-state index contributed by atoms with van der Waals surface area (Å²) in [6.45, 7) is 5.49. The van der Waals surface area contributed by atoms with E-state index in [4.69, 9.17) is 4.74 Å². The number of likely N-dealkylation sites (tertiary alicyclic amines) is 3. The monoisotopic (exact) mass is 589 g/mol. The number of amides is 2. The minimum absolute atomic E-state index is 0. The van der Waals surface area contributed by atoms with Crippen molar-refractivity contribution in [2.24, 2.45) is 11.3 Å². The molecule has 0 N–H and O–H groups in total. The lowest BCUT2D eigenvalue weighted by Gasteiger charge is -2.39. The molecule has 0 radical (unpaired) electrons. The van der Waals surface area contributed by atoms with Gasteiger partial charge in [0.2, 0.25) is 11.8 Å². The summed E-state index contributed by atoms with van der Waals surface area (Å²) in [5.74, 6) is 0.906. The first-order valence-corrected chi connectivity index (χ1v) is 15.7. The van der Waals surface area contributed by atoms with E-state index in [0.29, 0.717) is 29.8 Å². The third kappa shape index (κ3) is 6.54. The maximum absolute atomic E-state index is 13.5. The van der Waals surface area contributed by atoms with Crippen molar-refractivity contribution < 1.29 is 22.7 Å². The predicted molar refractivity (Wildman–Crippen MR) is 156 cm³/mol. The summed E-state index contributed by atoms with van der Waals surface area (Å²) in [4.78, 5) is 32.8. The lowest BCUT2D eigenvalue weighted by Crippen LogP contribution is -2.46. The van der Waals surface area contributed by atoms with Gasteiger partial charge in [0.05, 0.1) is 10.3 Å². The molecule has 2 aromatic rings. The average molecular weight is 590 g/mol. The van der Waals surface area contributed by atoms with Gasteiger partial charge in [-0.15, -0.1) is 12.4 Å². The molecule has 3 saturated heterocycles. The number of hydrogen-bond acceptors (Lipinski definition) is 6. The molecule has 40 heavy (non-hydrogen) atoms. The maximum Gasteiger partial charge on any atom is 0.248 e. The van der Waals surface area contributed by atoms with Gasteiger partial charge in [0, 0.05) is 52.0 Å². The van der Waals surface area contributed by atoms with Crippen LogP contribution in [0.4, 0.5) is 0 Å². The van der Waals surface area contributed by atoms with E-state index in [0.717, 1.165) is 57.5 Å². The zero-order valence-corrected chi connectivity index (χ0v) is 25.0. The normalized spacial score (nSPS) is 23.0. The Morgan fingerprint density at radius 1 is 0.975 bits per heavy atom. The standard InChI is InChI=1S/C30H39N3O5S.ClH/c1-38-22-28(34)33-20-25(27(21-33)24-6-4-3-5-7-24)19-31-15-12-30(13-16-31)14-17-32(29(30)35)18-23-8-10-26(11-9-23)39(2,36)37;/h3-11,25,27H,12-22H2,1-2H3;1H. The number of nitrogens with zero attached hydrogens (tertiary/aromatic N) is 3. The van der Waals surface area contributed by atoms with Crippen molar-refractivity contribution in [3.63, 3.8) is 0 Å². The van der Waals surface area contributed by atoms with Crippen molar-refractivity contribution in [3.05, 3.63) is 65.7 Å². The summed E-state index contributed by atoms with van der Waals surface area (Å²) in [5.41, 5.74) is 1.93. The van der Waals surface area contributed by atoms with E-state index < -0.39 is 9.84 Å². The first-order chi connectivity index (χ1) is 18.7. The summed E-state index contributed by atoms with van der Waals surface area (Å²) in [6, 6.07) is 17.3. The van der Waals surface area contributed by atoms with E-state index in [-0.39, 0.29) is 36.2 Å². The van der Waals surface area contributed by atoms with Gasteiger partial charge in [0.1, 0.15) is 6.61 Å². The number of piperidine rings is 1. The Labute approximate surface area is 244 Å². The highest BCUT2D eigenvalue weighted by molar-refractivity contribution is 7.90. The zero-order chi connectivity index (χ0) is 27.6. The van der Waals surface area contributed by atoms with Gasteiger partial charge in [-0.2, -0.15) is 0 Å². The summed E-state index contributed by atoms with van der Waals surface area (Å²) < 4.78 is 28.6. The molecule has 1 spiro atoms. The average Bonchev–Trinajstić information content (AvgIpc) is 3.48. The first-order valence-electron chi connectivity index (χ1n) is 13.8. The van der Waals surface area contributed by atoms with Crippen LogP contribution >= 0.6 is 12.4 Å². The number of carbonyl (C=O) groups is 2. The van der Waals surface area contributed by atoms with E-state index in [9.17, 15) is 18.0 Å². The van der Waals surface area contributed by atoms with Crippen LogP contribution in [0.15, 0.2) is 59.5 Å². The molecule has 0 bridgehead atoms. The fraction of sp³-hybridized carbons (Fsp3) is 0.533. The molecule has 3 heterocycles. The Morgan fingerprint density at radius 2 is 1.62 bits per heavy atom. The number of carbonyl (C=O) groups excluding carboxylic acids is 2. The lowest BCUT2D eigenvalue weighted by atomic mass is 9.76. The molecule has 2 aromatic carbocycles. The lowest BCUT2D eigenvalue weighted by molar-refractivity contribution is -0.139. The van der Waals surface area contributed by atoms with Crippen LogP contribution in [-0.2, 0) is 30.7 Å². The molecule has 2 unspecified atom stereocenters. The molecule has 0 saturated carbocycles. The van der Waals surface area contributed by atoms with Crippen molar-refractivity contribution in [1.82, 2.24) is 14.7 Å². The second-order valence-electron chi connectivity index (χ2n) is 11.5. The maximum atomic E-state index is 13.5. The number of sulfone groups is 1. The minimum atomic E-state index is -3.23. The van der Waals surface area contributed by atoms with Crippen molar-refractivity contribution in [2.45, 2.75) is 36.6 Å². The van der Waals surface area contributed by atoms with Crippen molar-refractivity contribution in [1.29, 1.82) is 0 Å². The SMILES string of the molecule is COCC(=O)N1CC(CN2CCC3(CC2)CCN(Cc2ccc(S(C)(=O)=O)cc2)C3=O)C(c2ccccc2)C1.Cl. The summed E-state index contributed by atoms with van der Waals surface area (Å²) in [6.07, 6.45) is 3.78. The number of rotatable bonds is 8. The first kappa shape index (κ1) is 30.5. The quantitative estimate of drug-likeness (QED) is 0.470. The Bertz CT molecular complexity index is 1280. The Morgan fingerprint density at radius 3 is 2.25 bits per heavy atom. The molecule has 8 nitrogen and oxygen atoms in total. The fourth-order valence-electron chi connectivity index (χ4n) is 6.62. The van der Waals surface area contributed by atoms with Gasteiger partial charge in [0.25, 0.3) is 0 Å². The molecule has 0 aromatic heterocycles. The number of hydrogen-bond donors (Lipinski definition) is 0. The van der Waals surface area contributed by atoms with Gasteiger partial charge >= 0.3 is 0 Å². The van der Waals surface area contributed by atoms with Gasteiger partial charge in [-0.25, -0.2) is 8.42 Å². The largest absolute Gasteiger partial charge is 0.375 e. The van der Waals surface area contributed by atoms with Crippen molar-refractivity contribution in [3.8, 4) is 0 Å². The molecule has 3 aliphatic rings. The summed E-state index contributed by atoms with van der Waals surface area (Å²) in [7, 11) is -1.67. The van der Waals surface area contributed by atoms with E-state index in [2.05, 4.69) is 29.2 Å². The van der Waals surface area contributed by atoms with Crippen molar-refractivity contribution in [2.75, 3.05) is 59.2 Å². The highest BCUT2D eigenvalue weighted by Crippen LogP contribution is 2.43. The molecule has 10 heteroatoms. The van der Waals surface area contributed by atoms with Crippen LogP contribution in [0.1, 0.15) is 36.3 Å². The van der Waals surface area contributed by atoms with Crippen LogP contribution in [0, 0.1) is 11.3 Å². The highest BCUT2D eigenvalue weighted by atomic mass is 35.5. The molecule has 218 valence electrons. The zero-order valence-electron chi connectivity index (χ0n) is 23.3. The second-order valence-corrected chi connectivity index (χ2v) is 13.5. The third-order valence-electron chi connectivity index (χ3n) is 8.92. The molecule has 2 amide bonds. The topological polar surface area (TPSA) is 87.2 Å². The smallest absolute Gasteiger partial charge is 0.248 e. The van der Waals surface area contributed by atoms with Gasteiger partial charge in [-0.1, -0.05) is 42.5 Å². The highest BCUT2D eigenvalue weighted by Gasteiger charge is 2.48. The van der Waals surface area contributed by atoms with Crippen LogP contribution in [0.5, 0.6) is 0 Å². The molecule has 3 fully saturated rings.